The molecule has 3 rings (SSSR count). The number of likely N-dealkylation sites (tertiary alicyclic amines) is 1. The van der Waals surface area contributed by atoms with Gasteiger partial charge in [0.1, 0.15) is 5.82 Å². The average Bonchev–Trinajstić information content (AvgIpc) is 2.57. The molecule has 1 aliphatic heterocycles. The van der Waals surface area contributed by atoms with Gasteiger partial charge in [0.2, 0.25) is 0 Å². The molecule has 24 heavy (non-hydrogen) atoms. The molecular weight excluding hydrogens is 321 g/mol. The Kier molecular flexibility index (Phi) is 5.57. The number of halogens is 2. The van der Waals surface area contributed by atoms with E-state index >= 15 is 0 Å². The zero-order valence-corrected chi connectivity index (χ0v) is 15.1. The maximum absolute atomic E-state index is 14.0. The van der Waals surface area contributed by atoms with Crippen molar-refractivity contribution in [3.05, 3.63) is 58.0 Å². The number of aryl methyl sites for hydroxylation is 1. The Bertz CT molecular complexity index is 703. The van der Waals surface area contributed by atoms with Gasteiger partial charge in [-0.3, -0.25) is 9.88 Å². The minimum Gasteiger partial charge on any atom is -0.299 e. The standard InChI is InChI=1S/C19H23BClFN2/c1-13-5-6-18(20)23-17(13)11-14-7-9-24(10-8-14)12-15-3-2-4-16(21)19(15)22/h2-6,14H,7-12,20H2,1H3. The first kappa shape index (κ1) is 17.4. The maximum atomic E-state index is 14.0. The SMILES string of the molecule is Bc1ccc(C)c(CC2CCN(Cc3cccc(Cl)c3F)CC2)n1. The van der Waals surface area contributed by atoms with E-state index in [0.29, 0.717) is 18.0 Å². The number of aromatic nitrogens is 1. The molecule has 0 aliphatic carbocycles. The maximum Gasteiger partial charge on any atom is 0.163 e. The van der Waals surface area contributed by atoms with Crippen LogP contribution in [-0.2, 0) is 13.0 Å². The third-order valence-corrected chi connectivity index (χ3v) is 5.25. The van der Waals surface area contributed by atoms with Crippen molar-refractivity contribution in [2.75, 3.05) is 13.1 Å². The van der Waals surface area contributed by atoms with Gasteiger partial charge in [0.15, 0.2) is 7.85 Å². The summed E-state index contributed by atoms with van der Waals surface area (Å²) in [5, 5.41) is 0.211. The number of pyridine rings is 1. The molecule has 0 amide bonds. The molecule has 0 unspecified atom stereocenters. The Hall–Kier alpha value is -1.39. The fourth-order valence-corrected chi connectivity index (χ4v) is 3.61. The van der Waals surface area contributed by atoms with Crippen molar-refractivity contribution in [2.24, 2.45) is 5.92 Å². The Labute approximate surface area is 149 Å². The van der Waals surface area contributed by atoms with Gasteiger partial charge in [-0.05, 0) is 62.4 Å². The van der Waals surface area contributed by atoms with Crippen LogP contribution in [0.3, 0.4) is 0 Å². The average molecular weight is 345 g/mol. The third-order valence-electron chi connectivity index (χ3n) is 4.96. The molecule has 1 aromatic heterocycles. The summed E-state index contributed by atoms with van der Waals surface area (Å²) >= 11 is 5.87. The van der Waals surface area contributed by atoms with E-state index < -0.39 is 0 Å². The normalized spacial score (nSPS) is 16.5. The minimum absolute atomic E-state index is 0.211. The van der Waals surface area contributed by atoms with Crippen molar-refractivity contribution in [1.29, 1.82) is 0 Å². The zero-order valence-electron chi connectivity index (χ0n) is 14.4. The second-order valence-electron chi connectivity index (χ2n) is 6.85. The van der Waals surface area contributed by atoms with Crippen molar-refractivity contribution in [3.63, 3.8) is 0 Å². The molecule has 0 saturated carbocycles. The Morgan fingerprint density at radius 2 is 2.00 bits per heavy atom. The summed E-state index contributed by atoms with van der Waals surface area (Å²) in [5.41, 5.74) is 4.29. The summed E-state index contributed by atoms with van der Waals surface area (Å²) in [5.74, 6) is 0.388. The van der Waals surface area contributed by atoms with Crippen molar-refractivity contribution in [3.8, 4) is 0 Å². The van der Waals surface area contributed by atoms with E-state index in [4.69, 9.17) is 16.6 Å². The van der Waals surface area contributed by atoms with Gasteiger partial charge >= 0.3 is 0 Å². The van der Waals surface area contributed by atoms with Gasteiger partial charge in [-0.25, -0.2) is 4.39 Å². The van der Waals surface area contributed by atoms with Crippen molar-refractivity contribution >= 4 is 25.0 Å². The molecule has 0 atom stereocenters. The van der Waals surface area contributed by atoms with Crippen molar-refractivity contribution in [1.82, 2.24) is 9.88 Å². The van der Waals surface area contributed by atoms with E-state index in [-0.39, 0.29) is 10.8 Å². The number of nitrogens with zero attached hydrogens (tertiary/aromatic N) is 2. The smallest absolute Gasteiger partial charge is 0.163 e. The molecule has 5 heteroatoms. The molecule has 1 saturated heterocycles. The summed E-state index contributed by atoms with van der Waals surface area (Å²) in [6.07, 6.45) is 3.32. The summed E-state index contributed by atoms with van der Waals surface area (Å²) in [6.45, 7) is 4.78. The summed E-state index contributed by atoms with van der Waals surface area (Å²) in [7, 11) is 2.05. The molecular formula is C19H23BClFN2. The van der Waals surface area contributed by atoms with E-state index in [1.807, 2.05) is 20.0 Å². The monoisotopic (exact) mass is 344 g/mol. The van der Waals surface area contributed by atoms with Gasteiger partial charge in [-0.2, -0.15) is 0 Å². The predicted molar refractivity (Wildman–Crippen MR) is 100 cm³/mol. The predicted octanol–water partition coefficient (Wildman–Crippen LogP) is 2.90. The number of rotatable bonds is 4. The van der Waals surface area contributed by atoms with E-state index in [9.17, 15) is 4.39 Å². The molecule has 2 nitrogen and oxygen atoms in total. The van der Waals surface area contributed by atoms with Crippen LogP contribution in [-0.4, -0.2) is 30.8 Å². The second kappa shape index (κ2) is 7.67. The van der Waals surface area contributed by atoms with Crippen molar-refractivity contribution in [2.45, 2.75) is 32.7 Å². The highest BCUT2D eigenvalue weighted by Crippen LogP contribution is 2.25. The van der Waals surface area contributed by atoms with Gasteiger partial charge in [0.25, 0.3) is 0 Å². The summed E-state index contributed by atoms with van der Waals surface area (Å²) in [4.78, 5) is 7.02. The van der Waals surface area contributed by atoms with Crippen molar-refractivity contribution < 1.29 is 4.39 Å². The molecule has 126 valence electrons. The highest BCUT2D eigenvalue weighted by molar-refractivity contribution is 6.31. The van der Waals surface area contributed by atoms with Crippen LogP contribution in [0.25, 0.3) is 0 Å². The molecule has 0 radical (unpaired) electrons. The molecule has 1 aromatic carbocycles. The summed E-state index contributed by atoms with van der Waals surface area (Å²) < 4.78 is 14.0. The van der Waals surface area contributed by atoms with Crippen LogP contribution < -0.4 is 5.59 Å². The Morgan fingerprint density at radius 1 is 1.25 bits per heavy atom. The first-order valence-electron chi connectivity index (χ1n) is 8.61. The van der Waals surface area contributed by atoms with Crippen LogP contribution in [0.4, 0.5) is 4.39 Å². The fourth-order valence-electron chi connectivity index (χ4n) is 3.42. The molecule has 2 aromatic rings. The summed E-state index contributed by atoms with van der Waals surface area (Å²) in [6, 6.07) is 9.48. The van der Waals surface area contributed by atoms with Crippen LogP contribution in [0.15, 0.2) is 30.3 Å². The lowest BCUT2D eigenvalue weighted by molar-refractivity contribution is 0.174. The topological polar surface area (TPSA) is 16.1 Å². The van der Waals surface area contributed by atoms with Gasteiger partial charge in [0, 0.05) is 17.8 Å². The second-order valence-corrected chi connectivity index (χ2v) is 7.26. The van der Waals surface area contributed by atoms with E-state index in [1.165, 1.54) is 11.3 Å². The van der Waals surface area contributed by atoms with Crippen LogP contribution in [0, 0.1) is 18.7 Å². The third kappa shape index (κ3) is 4.17. The quantitative estimate of drug-likeness (QED) is 0.793. The van der Waals surface area contributed by atoms with E-state index in [0.717, 1.165) is 37.9 Å². The number of hydrogen-bond donors (Lipinski definition) is 0. The van der Waals surface area contributed by atoms with Gasteiger partial charge in [-0.15, -0.1) is 0 Å². The number of piperidine rings is 1. The first-order valence-corrected chi connectivity index (χ1v) is 8.99. The minimum atomic E-state index is -0.277. The van der Waals surface area contributed by atoms with Crippen LogP contribution in [0.2, 0.25) is 5.02 Å². The lowest BCUT2D eigenvalue weighted by atomic mass is 9.90. The lowest BCUT2D eigenvalue weighted by Gasteiger charge is -2.32. The fraction of sp³-hybridized carbons (Fsp3) is 0.421. The molecule has 2 heterocycles. The zero-order chi connectivity index (χ0) is 17.1. The van der Waals surface area contributed by atoms with Crippen LogP contribution in [0.5, 0.6) is 0 Å². The first-order chi connectivity index (χ1) is 11.5. The van der Waals surface area contributed by atoms with Crippen LogP contribution >= 0.6 is 11.6 Å². The molecule has 0 bridgehead atoms. The van der Waals surface area contributed by atoms with Gasteiger partial charge < -0.3 is 0 Å². The van der Waals surface area contributed by atoms with E-state index in [1.54, 1.807) is 6.07 Å². The Morgan fingerprint density at radius 3 is 2.75 bits per heavy atom. The van der Waals surface area contributed by atoms with E-state index in [2.05, 4.69) is 24.0 Å². The number of benzene rings is 1. The molecule has 1 fully saturated rings. The number of hydrogen-bond acceptors (Lipinski definition) is 2. The Balaban J connectivity index is 1.56. The largest absolute Gasteiger partial charge is 0.299 e. The lowest BCUT2D eigenvalue weighted by Crippen LogP contribution is -2.34. The molecule has 0 spiro atoms. The van der Waals surface area contributed by atoms with Gasteiger partial charge in [0.05, 0.1) is 5.02 Å². The van der Waals surface area contributed by atoms with Gasteiger partial charge in [-0.1, -0.05) is 35.9 Å². The van der Waals surface area contributed by atoms with Crippen LogP contribution in [0.1, 0.15) is 29.7 Å². The highest BCUT2D eigenvalue weighted by Gasteiger charge is 2.21. The highest BCUT2D eigenvalue weighted by atomic mass is 35.5. The molecule has 1 aliphatic rings. The molecule has 0 N–H and O–H groups in total.